The standard InChI is InChI=1S/C26H34Cl2N2O4.2ClH/c1-33-17-22-9-4-10-30(22)25-23(34-24(16-31)26(25)32)15-29(13-18-5-2-7-20(27)11-18)14-19-6-3-8-21(28)12-19;;/h2-3,5-8,11-12,22-26,31-32H,4,9-10,13-17H2,1H3;2*1H/t22-,23-,24+,25+,26-;;/m1../s1. The summed E-state index contributed by atoms with van der Waals surface area (Å²) in [5, 5.41) is 22.4. The molecule has 202 valence electrons. The van der Waals surface area contributed by atoms with Gasteiger partial charge in [0.25, 0.3) is 0 Å². The van der Waals surface area contributed by atoms with Crippen molar-refractivity contribution in [3.8, 4) is 0 Å². The zero-order chi connectivity index (χ0) is 24.1. The third-order valence-electron chi connectivity index (χ3n) is 6.83. The molecule has 2 N–H and O–H groups in total. The molecule has 2 heterocycles. The van der Waals surface area contributed by atoms with Crippen LogP contribution in [0.1, 0.15) is 24.0 Å². The van der Waals surface area contributed by atoms with Crippen LogP contribution in [-0.2, 0) is 22.6 Å². The number of halogens is 4. The van der Waals surface area contributed by atoms with Crippen LogP contribution in [0, 0.1) is 0 Å². The van der Waals surface area contributed by atoms with Crippen molar-refractivity contribution < 1.29 is 19.7 Å². The summed E-state index contributed by atoms with van der Waals surface area (Å²) in [5.41, 5.74) is 2.20. The Morgan fingerprint density at radius 3 is 2.17 bits per heavy atom. The lowest BCUT2D eigenvalue weighted by Crippen LogP contribution is -2.53. The number of benzene rings is 2. The highest BCUT2D eigenvalue weighted by Crippen LogP contribution is 2.32. The van der Waals surface area contributed by atoms with Crippen LogP contribution in [0.25, 0.3) is 0 Å². The number of hydrogen-bond acceptors (Lipinski definition) is 6. The fraction of sp³-hybridized carbons (Fsp3) is 0.538. The van der Waals surface area contributed by atoms with Crippen LogP contribution in [-0.4, -0.2) is 83.8 Å². The van der Waals surface area contributed by atoms with Gasteiger partial charge in [0.2, 0.25) is 0 Å². The van der Waals surface area contributed by atoms with Crippen LogP contribution in [0.2, 0.25) is 10.0 Å². The smallest absolute Gasteiger partial charge is 0.109 e. The molecule has 36 heavy (non-hydrogen) atoms. The van der Waals surface area contributed by atoms with E-state index in [0.29, 0.717) is 36.3 Å². The molecule has 0 amide bonds. The van der Waals surface area contributed by atoms with Crippen molar-refractivity contribution in [2.75, 3.05) is 33.4 Å². The number of aliphatic hydroxyl groups is 2. The van der Waals surface area contributed by atoms with E-state index in [1.54, 1.807) is 7.11 Å². The maximum absolute atomic E-state index is 11.1. The maximum Gasteiger partial charge on any atom is 0.109 e. The Bertz CT molecular complexity index is 893. The molecule has 2 fully saturated rings. The first kappa shape index (κ1) is 31.6. The monoisotopic (exact) mass is 580 g/mol. The molecule has 0 aromatic heterocycles. The molecule has 0 aliphatic carbocycles. The molecule has 2 aliphatic rings. The fourth-order valence-corrected chi connectivity index (χ4v) is 5.81. The van der Waals surface area contributed by atoms with Gasteiger partial charge in [0.15, 0.2) is 0 Å². The summed E-state index contributed by atoms with van der Waals surface area (Å²) in [7, 11) is 1.71. The van der Waals surface area contributed by atoms with Crippen LogP contribution in [0.15, 0.2) is 48.5 Å². The second kappa shape index (κ2) is 15.1. The van der Waals surface area contributed by atoms with E-state index in [4.69, 9.17) is 32.7 Å². The lowest BCUT2D eigenvalue weighted by Gasteiger charge is -2.36. The van der Waals surface area contributed by atoms with Gasteiger partial charge in [0.1, 0.15) is 12.2 Å². The topological polar surface area (TPSA) is 65.4 Å². The van der Waals surface area contributed by atoms with Gasteiger partial charge < -0.3 is 19.7 Å². The minimum atomic E-state index is -0.758. The van der Waals surface area contributed by atoms with Gasteiger partial charge in [-0.05, 0) is 54.8 Å². The van der Waals surface area contributed by atoms with Crippen LogP contribution >= 0.6 is 48.0 Å². The van der Waals surface area contributed by atoms with Gasteiger partial charge in [-0.15, -0.1) is 24.8 Å². The van der Waals surface area contributed by atoms with E-state index in [-0.39, 0.29) is 49.6 Å². The quantitative estimate of drug-likeness (QED) is 0.432. The predicted molar refractivity (Wildman–Crippen MR) is 149 cm³/mol. The molecule has 0 radical (unpaired) electrons. The van der Waals surface area contributed by atoms with Crippen molar-refractivity contribution >= 4 is 48.0 Å². The largest absolute Gasteiger partial charge is 0.394 e. The SMILES string of the molecule is COC[C@H]1CCCN1[C@@H]1[C@H](O)[C@H](CO)O[C@@H]1CN(Cc1cccc(Cl)c1)Cc1cccc(Cl)c1.Cl.Cl. The molecular formula is C26H36Cl4N2O4. The first-order chi connectivity index (χ1) is 16.5. The average molecular weight is 582 g/mol. The molecule has 0 unspecified atom stereocenters. The molecular weight excluding hydrogens is 546 g/mol. The van der Waals surface area contributed by atoms with E-state index in [0.717, 1.165) is 30.5 Å². The average Bonchev–Trinajstić information content (AvgIpc) is 3.37. The Morgan fingerprint density at radius 1 is 1.03 bits per heavy atom. The molecule has 2 aromatic carbocycles. The van der Waals surface area contributed by atoms with Crippen LogP contribution in [0.3, 0.4) is 0 Å². The molecule has 6 nitrogen and oxygen atoms in total. The molecule has 2 saturated heterocycles. The van der Waals surface area contributed by atoms with E-state index in [1.165, 1.54) is 0 Å². The highest BCUT2D eigenvalue weighted by molar-refractivity contribution is 6.30. The van der Waals surface area contributed by atoms with Crippen molar-refractivity contribution in [2.45, 2.75) is 56.3 Å². The molecule has 0 spiro atoms. The Hall–Kier alpha value is -0.640. The third-order valence-corrected chi connectivity index (χ3v) is 7.30. The van der Waals surface area contributed by atoms with E-state index in [2.05, 4.69) is 21.9 Å². The third kappa shape index (κ3) is 7.93. The Balaban J connectivity index is 0.00000228. The molecule has 2 aliphatic heterocycles. The minimum absolute atomic E-state index is 0. The summed E-state index contributed by atoms with van der Waals surface area (Å²) in [6, 6.07) is 15.7. The van der Waals surface area contributed by atoms with E-state index >= 15 is 0 Å². The van der Waals surface area contributed by atoms with Gasteiger partial charge >= 0.3 is 0 Å². The summed E-state index contributed by atoms with van der Waals surface area (Å²) in [6.45, 7) is 3.22. The number of methoxy groups -OCH3 is 1. The lowest BCUT2D eigenvalue weighted by atomic mass is 10.0. The highest BCUT2D eigenvalue weighted by Gasteiger charge is 2.49. The fourth-order valence-electron chi connectivity index (χ4n) is 5.39. The number of nitrogens with zero attached hydrogens (tertiary/aromatic N) is 2. The normalized spacial score (nSPS) is 26.1. The molecule has 5 atom stereocenters. The van der Waals surface area contributed by atoms with Gasteiger partial charge in [-0.2, -0.15) is 0 Å². The summed E-state index contributed by atoms with van der Waals surface area (Å²) in [6.07, 6.45) is 0.470. The molecule has 4 rings (SSSR count). The predicted octanol–water partition coefficient (Wildman–Crippen LogP) is 4.44. The van der Waals surface area contributed by atoms with E-state index in [9.17, 15) is 10.2 Å². The van der Waals surface area contributed by atoms with E-state index < -0.39 is 12.2 Å². The summed E-state index contributed by atoms with van der Waals surface area (Å²) in [4.78, 5) is 4.62. The highest BCUT2D eigenvalue weighted by atomic mass is 35.5. The van der Waals surface area contributed by atoms with Gasteiger partial charge in [-0.25, -0.2) is 0 Å². The van der Waals surface area contributed by atoms with Crippen molar-refractivity contribution in [1.29, 1.82) is 0 Å². The summed E-state index contributed by atoms with van der Waals surface area (Å²) in [5.74, 6) is 0. The Morgan fingerprint density at radius 2 is 1.64 bits per heavy atom. The number of rotatable bonds is 10. The summed E-state index contributed by atoms with van der Waals surface area (Å²) >= 11 is 12.5. The second-order valence-corrected chi connectivity index (χ2v) is 10.2. The zero-order valence-electron chi connectivity index (χ0n) is 20.3. The van der Waals surface area contributed by atoms with Crippen LogP contribution in [0.4, 0.5) is 0 Å². The first-order valence-electron chi connectivity index (χ1n) is 11.9. The van der Waals surface area contributed by atoms with Gasteiger partial charge in [-0.1, -0.05) is 47.5 Å². The molecule has 0 saturated carbocycles. The Kier molecular flexibility index (Phi) is 13.2. The van der Waals surface area contributed by atoms with Gasteiger partial charge in [0.05, 0.1) is 25.4 Å². The number of ether oxygens (including phenoxy) is 2. The Labute approximate surface area is 236 Å². The van der Waals surface area contributed by atoms with Crippen molar-refractivity contribution in [2.24, 2.45) is 0 Å². The zero-order valence-corrected chi connectivity index (χ0v) is 23.5. The van der Waals surface area contributed by atoms with Crippen molar-refractivity contribution in [3.63, 3.8) is 0 Å². The molecule has 10 heteroatoms. The minimum Gasteiger partial charge on any atom is -0.394 e. The van der Waals surface area contributed by atoms with Crippen molar-refractivity contribution in [3.05, 3.63) is 69.7 Å². The number of aliphatic hydroxyl groups excluding tert-OH is 2. The maximum atomic E-state index is 11.1. The van der Waals surface area contributed by atoms with Gasteiger partial charge in [0, 0.05) is 42.8 Å². The van der Waals surface area contributed by atoms with Crippen LogP contribution in [0.5, 0.6) is 0 Å². The summed E-state index contributed by atoms with van der Waals surface area (Å²) < 4.78 is 11.7. The first-order valence-corrected chi connectivity index (χ1v) is 12.6. The van der Waals surface area contributed by atoms with Crippen LogP contribution < -0.4 is 0 Å². The lowest BCUT2D eigenvalue weighted by molar-refractivity contribution is -0.0331. The van der Waals surface area contributed by atoms with Gasteiger partial charge in [-0.3, -0.25) is 9.80 Å². The molecule has 2 aromatic rings. The van der Waals surface area contributed by atoms with E-state index in [1.807, 2.05) is 36.4 Å². The molecule has 0 bridgehead atoms. The number of likely N-dealkylation sites (tertiary alicyclic amines) is 1. The number of hydrogen-bond donors (Lipinski definition) is 2. The second-order valence-electron chi connectivity index (χ2n) is 9.30. The van der Waals surface area contributed by atoms with Crippen molar-refractivity contribution in [1.82, 2.24) is 9.80 Å².